The maximum Gasteiger partial charge on any atom is 0.178 e. The Balaban J connectivity index is 2.59. The van der Waals surface area contributed by atoms with Crippen molar-refractivity contribution in [3.05, 3.63) is 35.8 Å². The van der Waals surface area contributed by atoms with Gasteiger partial charge in [0.25, 0.3) is 0 Å². The third-order valence-corrected chi connectivity index (χ3v) is 2.59. The Morgan fingerprint density at radius 2 is 2.25 bits per heavy atom. The number of carbonyl (C=O) groups is 1. The Morgan fingerprint density at radius 3 is 2.94 bits per heavy atom. The Hall–Kier alpha value is -1.68. The molecule has 0 bridgehead atoms. The van der Waals surface area contributed by atoms with Crippen molar-refractivity contribution < 1.29 is 9.18 Å². The number of hydrogen-bond donors (Lipinski definition) is 1. The molecule has 0 unspecified atom stereocenters. The summed E-state index contributed by atoms with van der Waals surface area (Å²) in [5.74, 6) is -0.277. The summed E-state index contributed by atoms with van der Waals surface area (Å²) in [7, 11) is 3.53. The fraction of sp³-hybridized carbons (Fsp3) is 0.250. The average molecular weight is 220 g/mol. The second-order valence-electron chi connectivity index (χ2n) is 3.77. The highest BCUT2D eigenvalue weighted by atomic mass is 19.1. The second kappa shape index (κ2) is 4.06. The van der Waals surface area contributed by atoms with Crippen LogP contribution in [-0.4, -0.2) is 23.9 Å². The summed E-state index contributed by atoms with van der Waals surface area (Å²) in [6, 6.07) is 4.46. The van der Waals surface area contributed by atoms with E-state index in [1.165, 1.54) is 12.1 Å². The predicted molar refractivity (Wildman–Crippen MR) is 61.1 cm³/mol. The maximum absolute atomic E-state index is 13.1. The van der Waals surface area contributed by atoms with Crippen molar-refractivity contribution >= 4 is 16.7 Å². The highest BCUT2D eigenvalue weighted by Crippen LogP contribution is 2.21. The number of benzene rings is 1. The van der Waals surface area contributed by atoms with E-state index >= 15 is 0 Å². The number of ketones is 1. The number of nitrogens with zero attached hydrogens (tertiary/aromatic N) is 1. The number of hydrogen-bond acceptors (Lipinski definition) is 2. The third kappa shape index (κ3) is 1.72. The molecule has 0 spiro atoms. The van der Waals surface area contributed by atoms with E-state index in [2.05, 4.69) is 5.32 Å². The average Bonchev–Trinajstić information content (AvgIpc) is 2.56. The van der Waals surface area contributed by atoms with Crippen LogP contribution in [0.25, 0.3) is 10.9 Å². The standard InChI is InChI=1S/C12H13FN2O/c1-14-6-12(16)10-7-15(2)11-5-8(13)3-4-9(10)11/h3-5,7,14H,6H2,1-2H3. The zero-order valence-corrected chi connectivity index (χ0v) is 9.25. The van der Waals surface area contributed by atoms with Gasteiger partial charge in [0.15, 0.2) is 5.78 Å². The van der Waals surface area contributed by atoms with E-state index in [1.54, 1.807) is 30.9 Å². The number of fused-ring (bicyclic) bond motifs is 1. The molecule has 1 heterocycles. The number of nitrogens with one attached hydrogen (secondary N) is 1. The van der Waals surface area contributed by atoms with Gasteiger partial charge in [0.1, 0.15) is 5.82 Å². The highest BCUT2D eigenvalue weighted by molar-refractivity contribution is 6.09. The summed E-state index contributed by atoms with van der Waals surface area (Å²) in [5.41, 5.74) is 1.37. The molecule has 0 fully saturated rings. The van der Waals surface area contributed by atoms with Gasteiger partial charge in [-0.3, -0.25) is 4.79 Å². The van der Waals surface area contributed by atoms with Crippen LogP contribution in [0.2, 0.25) is 0 Å². The molecular formula is C12H13FN2O. The van der Waals surface area contributed by atoms with Crippen LogP contribution >= 0.6 is 0 Å². The van der Waals surface area contributed by atoms with Crippen molar-refractivity contribution in [2.45, 2.75) is 0 Å². The van der Waals surface area contributed by atoms with Crippen LogP contribution in [0.1, 0.15) is 10.4 Å². The molecule has 0 aliphatic heterocycles. The molecule has 0 amide bonds. The fourth-order valence-electron chi connectivity index (χ4n) is 1.84. The lowest BCUT2D eigenvalue weighted by Crippen LogP contribution is -2.18. The van der Waals surface area contributed by atoms with Crippen molar-refractivity contribution in [1.82, 2.24) is 9.88 Å². The molecule has 0 saturated carbocycles. The van der Waals surface area contributed by atoms with Crippen molar-refractivity contribution in [1.29, 1.82) is 0 Å². The number of carbonyl (C=O) groups excluding carboxylic acids is 1. The van der Waals surface area contributed by atoms with E-state index in [1.807, 2.05) is 0 Å². The SMILES string of the molecule is CNCC(=O)c1cn(C)c2cc(F)ccc12. The van der Waals surface area contributed by atoms with Gasteiger partial charge < -0.3 is 9.88 Å². The molecule has 84 valence electrons. The minimum absolute atomic E-state index is 0.0136. The molecular weight excluding hydrogens is 207 g/mol. The molecule has 0 aliphatic rings. The summed E-state index contributed by atoms with van der Waals surface area (Å²) in [6.45, 7) is 0.288. The molecule has 2 aromatic rings. The molecule has 2 rings (SSSR count). The van der Waals surface area contributed by atoms with Crippen molar-refractivity contribution in [2.75, 3.05) is 13.6 Å². The van der Waals surface area contributed by atoms with E-state index in [-0.39, 0.29) is 18.1 Å². The fourth-order valence-corrected chi connectivity index (χ4v) is 1.84. The van der Waals surface area contributed by atoms with Gasteiger partial charge >= 0.3 is 0 Å². The molecule has 1 N–H and O–H groups in total. The number of likely N-dealkylation sites (N-methyl/N-ethyl adjacent to an activating group) is 1. The second-order valence-corrected chi connectivity index (χ2v) is 3.77. The van der Waals surface area contributed by atoms with Crippen LogP contribution in [0.3, 0.4) is 0 Å². The van der Waals surface area contributed by atoms with Crippen LogP contribution in [0.4, 0.5) is 4.39 Å². The van der Waals surface area contributed by atoms with E-state index in [9.17, 15) is 9.18 Å². The molecule has 3 nitrogen and oxygen atoms in total. The summed E-state index contributed by atoms with van der Waals surface area (Å²) in [4.78, 5) is 11.8. The van der Waals surface area contributed by atoms with Gasteiger partial charge in [0.2, 0.25) is 0 Å². The van der Waals surface area contributed by atoms with Crippen LogP contribution in [0.15, 0.2) is 24.4 Å². The first-order valence-corrected chi connectivity index (χ1v) is 5.06. The minimum atomic E-state index is -0.290. The van der Waals surface area contributed by atoms with E-state index in [0.29, 0.717) is 5.56 Å². The van der Waals surface area contributed by atoms with E-state index in [0.717, 1.165) is 10.9 Å². The lowest BCUT2D eigenvalue weighted by molar-refractivity contribution is 0.0995. The summed E-state index contributed by atoms with van der Waals surface area (Å²) < 4.78 is 14.8. The lowest BCUT2D eigenvalue weighted by atomic mass is 10.1. The van der Waals surface area contributed by atoms with Crippen LogP contribution in [0, 0.1) is 5.82 Å². The smallest absolute Gasteiger partial charge is 0.178 e. The molecule has 0 aliphatic carbocycles. The first kappa shape index (κ1) is 10.8. The molecule has 4 heteroatoms. The quantitative estimate of drug-likeness (QED) is 0.799. The van der Waals surface area contributed by atoms with Crippen molar-refractivity contribution in [2.24, 2.45) is 7.05 Å². The Bertz CT molecular complexity index is 545. The van der Waals surface area contributed by atoms with Gasteiger partial charge in [-0.1, -0.05) is 0 Å². The first-order valence-electron chi connectivity index (χ1n) is 5.06. The summed E-state index contributed by atoms with van der Waals surface area (Å²) in [6.07, 6.45) is 1.74. The topological polar surface area (TPSA) is 34.0 Å². The van der Waals surface area contributed by atoms with Crippen molar-refractivity contribution in [3.63, 3.8) is 0 Å². The number of aryl methyl sites for hydroxylation is 1. The monoisotopic (exact) mass is 220 g/mol. The zero-order valence-electron chi connectivity index (χ0n) is 9.25. The Morgan fingerprint density at radius 1 is 1.50 bits per heavy atom. The molecule has 1 aromatic carbocycles. The van der Waals surface area contributed by atoms with Gasteiger partial charge in [-0.05, 0) is 25.2 Å². The largest absolute Gasteiger partial charge is 0.350 e. The third-order valence-electron chi connectivity index (χ3n) is 2.59. The van der Waals surface area contributed by atoms with E-state index in [4.69, 9.17) is 0 Å². The summed E-state index contributed by atoms with van der Waals surface area (Å²) in [5, 5.41) is 3.61. The van der Waals surface area contributed by atoms with Crippen LogP contribution in [0.5, 0.6) is 0 Å². The Kier molecular flexibility index (Phi) is 2.75. The van der Waals surface area contributed by atoms with Crippen LogP contribution < -0.4 is 5.32 Å². The van der Waals surface area contributed by atoms with E-state index < -0.39 is 0 Å². The Labute approximate surface area is 92.9 Å². The molecule has 1 aromatic heterocycles. The number of halogens is 1. The first-order chi connectivity index (χ1) is 7.63. The molecule has 0 saturated heterocycles. The van der Waals surface area contributed by atoms with Gasteiger partial charge in [-0.2, -0.15) is 0 Å². The molecule has 0 radical (unpaired) electrons. The lowest BCUT2D eigenvalue weighted by Gasteiger charge is -1.97. The maximum atomic E-state index is 13.1. The number of Topliss-reactive ketones (excluding diaryl/α,β-unsaturated/α-hetero) is 1. The summed E-state index contributed by atoms with van der Waals surface area (Å²) >= 11 is 0. The van der Waals surface area contributed by atoms with Gasteiger partial charge in [-0.15, -0.1) is 0 Å². The molecule has 0 atom stereocenters. The zero-order chi connectivity index (χ0) is 11.7. The molecule has 16 heavy (non-hydrogen) atoms. The minimum Gasteiger partial charge on any atom is -0.350 e. The van der Waals surface area contributed by atoms with Crippen LogP contribution in [-0.2, 0) is 7.05 Å². The van der Waals surface area contributed by atoms with Gasteiger partial charge in [0, 0.05) is 24.2 Å². The highest BCUT2D eigenvalue weighted by Gasteiger charge is 2.13. The van der Waals surface area contributed by atoms with Crippen molar-refractivity contribution in [3.8, 4) is 0 Å². The number of rotatable bonds is 3. The normalized spacial score (nSPS) is 10.9. The number of aromatic nitrogens is 1. The van der Waals surface area contributed by atoms with Gasteiger partial charge in [-0.25, -0.2) is 4.39 Å². The predicted octanol–water partition coefficient (Wildman–Crippen LogP) is 1.72. The van der Waals surface area contributed by atoms with Gasteiger partial charge in [0.05, 0.1) is 12.1 Å².